The van der Waals surface area contributed by atoms with E-state index in [9.17, 15) is 10.4 Å². The van der Waals surface area contributed by atoms with Crippen LogP contribution in [0.3, 0.4) is 0 Å². The number of morpholine rings is 1. The fraction of sp³-hybridized carbons (Fsp3) is 0.700. The molecule has 2 aliphatic rings. The lowest BCUT2D eigenvalue weighted by atomic mass is 9.69. The lowest BCUT2D eigenvalue weighted by Gasteiger charge is -2.52. The summed E-state index contributed by atoms with van der Waals surface area (Å²) in [6.45, 7) is 13.6. The highest BCUT2D eigenvalue weighted by molar-refractivity contribution is 5.50. The number of β-amino-alcohol motifs (C(OH)–C–C–N with tert-alkyl or cyclic N) is 1. The molecule has 2 aliphatic heterocycles. The van der Waals surface area contributed by atoms with E-state index in [-0.39, 0.29) is 5.41 Å². The number of nitriles is 1. The van der Waals surface area contributed by atoms with E-state index in [1.807, 2.05) is 19.9 Å². The zero-order valence-corrected chi connectivity index (χ0v) is 16.4. The normalized spacial score (nSPS) is 26.5. The molecule has 0 bridgehead atoms. The fourth-order valence-corrected chi connectivity index (χ4v) is 4.12. The Labute approximate surface area is 156 Å². The summed E-state index contributed by atoms with van der Waals surface area (Å²) in [5.41, 5.74) is 1.41. The third-order valence-electron chi connectivity index (χ3n) is 6.05. The first kappa shape index (κ1) is 19.1. The number of anilines is 1. The first-order valence-corrected chi connectivity index (χ1v) is 9.41. The van der Waals surface area contributed by atoms with Crippen LogP contribution in [0, 0.1) is 30.6 Å². The number of ether oxygens (including phenoxy) is 1. The summed E-state index contributed by atoms with van der Waals surface area (Å²) in [7, 11) is 0. The van der Waals surface area contributed by atoms with Gasteiger partial charge in [-0.05, 0) is 31.9 Å². The van der Waals surface area contributed by atoms with E-state index in [0.717, 1.165) is 56.5 Å². The summed E-state index contributed by atoms with van der Waals surface area (Å²) in [4.78, 5) is 9.21. The molecule has 0 saturated carbocycles. The van der Waals surface area contributed by atoms with E-state index in [4.69, 9.17) is 4.74 Å². The average molecular weight is 358 g/mol. The fourth-order valence-electron chi connectivity index (χ4n) is 4.12. The van der Waals surface area contributed by atoms with Crippen LogP contribution in [-0.2, 0) is 4.74 Å². The largest absolute Gasteiger partial charge is 0.388 e. The summed E-state index contributed by atoms with van der Waals surface area (Å²) in [5.74, 6) is 0.903. The van der Waals surface area contributed by atoms with Crippen molar-refractivity contribution in [1.82, 2.24) is 9.88 Å². The van der Waals surface area contributed by atoms with Crippen LogP contribution in [-0.4, -0.2) is 66.5 Å². The maximum atomic E-state index is 11.4. The molecule has 0 spiro atoms. The standard InChI is InChI=1S/C20H30N4O2/c1-15-11-18(22-16(2)17(15)12-21)24-6-5-20(25,19(3,4)13-24)14-23-7-9-26-10-8-23/h11,25H,5-10,13-14H2,1-4H3/t20-/m1/s1. The van der Waals surface area contributed by atoms with E-state index < -0.39 is 5.60 Å². The van der Waals surface area contributed by atoms with Gasteiger partial charge >= 0.3 is 0 Å². The van der Waals surface area contributed by atoms with Gasteiger partial charge in [0, 0.05) is 38.1 Å². The van der Waals surface area contributed by atoms with E-state index in [0.29, 0.717) is 18.5 Å². The molecule has 0 aromatic carbocycles. The van der Waals surface area contributed by atoms with Crippen LogP contribution in [0.5, 0.6) is 0 Å². The molecule has 6 heteroatoms. The van der Waals surface area contributed by atoms with Crippen molar-refractivity contribution in [2.24, 2.45) is 5.41 Å². The number of rotatable bonds is 3. The first-order chi connectivity index (χ1) is 12.3. The lowest BCUT2D eigenvalue weighted by molar-refractivity contribution is -0.111. The average Bonchev–Trinajstić information content (AvgIpc) is 2.58. The molecule has 1 aromatic heterocycles. The number of aromatic nitrogens is 1. The molecule has 1 aromatic rings. The van der Waals surface area contributed by atoms with Crippen LogP contribution >= 0.6 is 0 Å². The second-order valence-electron chi connectivity index (χ2n) is 8.35. The molecule has 26 heavy (non-hydrogen) atoms. The molecule has 1 atom stereocenters. The van der Waals surface area contributed by atoms with Gasteiger partial charge in [0.1, 0.15) is 11.9 Å². The zero-order chi connectivity index (χ0) is 18.9. The van der Waals surface area contributed by atoms with Crippen LogP contribution < -0.4 is 4.90 Å². The van der Waals surface area contributed by atoms with Gasteiger partial charge in [-0.1, -0.05) is 13.8 Å². The minimum absolute atomic E-state index is 0.263. The van der Waals surface area contributed by atoms with Crippen molar-refractivity contribution in [2.75, 3.05) is 50.8 Å². The third kappa shape index (κ3) is 3.57. The topological polar surface area (TPSA) is 72.6 Å². The maximum absolute atomic E-state index is 11.4. The first-order valence-electron chi connectivity index (χ1n) is 9.41. The summed E-state index contributed by atoms with van der Waals surface area (Å²) in [6.07, 6.45) is 0.705. The van der Waals surface area contributed by atoms with Crippen LogP contribution in [0.2, 0.25) is 0 Å². The number of nitrogens with zero attached hydrogens (tertiary/aromatic N) is 4. The number of hydrogen-bond acceptors (Lipinski definition) is 6. The number of hydrogen-bond donors (Lipinski definition) is 1. The van der Waals surface area contributed by atoms with E-state index in [1.165, 1.54) is 0 Å². The highest BCUT2D eigenvalue weighted by Crippen LogP contribution is 2.40. The summed E-state index contributed by atoms with van der Waals surface area (Å²) in [5, 5.41) is 20.7. The van der Waals surface area contributed by atoms with Gasteiger partial charge in [0.15, 0.2) is 0 Å². The van der Waals surface area contributed by atoms with Gasteiger partial charge in [-0.15, -0.1) is 0 Å². The van der Waals surface area contributed by atoms with Crippen molar-refractivity contribution in [1.29, 1.82) is 5.26 Å². The van der Waals surface area contributed by atoms with E-state index >= 15 is 0 Å². The van der Waals surface area contributed by atoms with Crippen molar-refractivity contribution in [3.63, 3.8) is 0 Å². The Morgan fingerprint density at radius 2 is 1.96 bits per heavy atom. The quantitative estimate of drug-likeness (QED) is 0.889. The molecule has 0 radical (unpaired) electrons. The van der Waals surface area contributed by atoms with Crippen molar-refractivity contribution in [3.05, 3.63) is 22.9 Å². The van der Waals surface area contributed by atoms with Crippen LogP contribution in [0.1, 0.15) is 37.1 Å². The van der Waals surface area contributed by atoms with Gasteiger partial charge in [-0.3, -0.25) is 4.90 Å². The molecule has 142 valence electrons. The molecular weight excluding hydrogens is 328 g/mol. The van der Waals surface area contributed by atoms with Gasteiger partial charge < -0.3 is 14.7 Å². The number of pyridine rings is 1. The second-order valence-corrected chi connectivity index (χ2v) is 8.35. The molecule has 3 heterocycles. The number of piperidine rings is 1. The molecular formula is C20H30N4O2. The van der Waals surface area contributed by atoms with Crippen LogP contribution in [0.4, 0.5) is 5.82 Å². The van der Waals surface area contributed by atoms with Gasteiger partial charge in [-0.25, -0.2) is 4.98 Å². The van der Waals surface area contributed by atoms with Gasteiger partial charge in [-0.2, -0.15) is 5.26 Å². The number of aliphatic hydroxyl groups is 1. The van der Waals surface area contributed by atoms with Crippen molar-refractivity contribution in [2.45, 2.75) is 39.7 Å². The summed E-state index contributed by atoms with van der Waals surface area (Å²) < 4.78 is 5.43. The van der Waals surface area contributed by atoms with Gasteiger partial charge in [0.2, 0.25) is 0 Å². The molecule has 6 nitrogen and oxygen atoms in total. The molecule has 2 fully saturated rings. The van der Waals surface area contributed by atoms with Crippen molar-refractivity contribution >= 4 is 5.82 Å². The second kappa shape index (κ2) is 7.15. The SMILES string of the molecule is Cc1cc(N2CC[C@@](O)(CN3CCOCC3)C(C)(C)C2)nc(C)c1C#N. The molecule has 0 unspecified atom stereocenters. The maximum Gasteiger partial charge on any atom is 0.129 e. The lowest BCUT2D eigenvalue weighted by Crippen LogP contribution is -2.62. The van der Waals surface area contributed by atoms with Gasteiger partial charge in [0.05, 0.1) is 30.1 Å². The Balaban J connectivity index is 1.77. The zero-order valence-electron chi connectivity index (χ0n) is 16.4. The smallest absolute Gasteiger partial charge is 0.129 e. The van der Waals surface area contributed by atoms with Crippen molar-refractivity contribution in [3.8, 4) is 6.07 Å². The Morgan fingerprint density at radius 1 is 1.27 bits per heavy atom. The molecule has 0 aliphatic carbocycles. The highest BCUT2D eigenvalue weighted by atomic mass is 16.5. The Hall–Kier alpha value is -1.68. The summed E-state index contributed by atoms with van der Waals surface area (Å²) in [6, 6.07) is 4.23. The molecule has 0 amide bonds. The van der Waals surface area contributed by atoms with E-state index in [2.05, 4.69) is 34.7 Å². The summed E-state index contributed by atoms with van der Waals surface area (Å²) >= 11 is 0. The Morgan fingerprint density at radius 3 is 2.54 bits per heavy atom. The molecule has 3 rings (SSSR count). The monoisotopic (exact) mass is 358 g/mol. The minimum atomic E-state index is -0.725. The predicted molar refractivity (Wildman–Crippen MR) is 101 cm³/mol. The molecule has 2 saturated heterocycles. The Bertz CT molecular complexity index is 683. The van der Waals surface area contributed by atoms with Crippen LogP contribution in [0.25, 0.3) is 0 Å². The number of aryl methyl sites for hydroxylation is 2. The van der Waals surface area contributed by atoms with E-state index in [1.54, 1.807) is 0 Å². The third-order valence-corrected chi connectivity index (χ3v) is 6.05. The minimum Gasteiger partial charge on any atom is -0.388 e. The molecule has 1 N–H and O–H groups in total. The van der Waals surface area contributed by atoms with Crippen LogP contribution in [0.15, 0.2) is 6.07 Å². The Kier molecular flexibility index (Phi) is 5.25. The predicted octanol–water partition coefficient (Wildman–Crippen LogP) is 1.87. The highest BCUT2D eigenvalue weighted by Gasteiger charge is 2.48. The van der Waals surface area contributed by atoms with Crippen molar-refractivity contribution < 1.29 is 9.84 Å². The van der Waals surface area contributed by atoms with Gasteiger partial charge in [0.25, 0.3) is 0 Å².